The number of amides is 1. The molecule has 1 amide bonds. The van der Waals surface area contributed by atoms with Gasteiger partial charge in [0.15, 0.2) is 0 Å². The van der Waals surface area contributed by atoms with Crippen LogP contribution in [0.2, 0.25) is 5.02 Å². The number of rotatable bonds is 2. The fourth-order valence-corrected chi connectivity index (χ4v) is 3.41. The van der Waals surface area contributed by atoms with Gasteiger partial charge < -0.3 is 10.2 Å². The van der Waals surface area contributed by atoms with Gasteiger partial charge in [0, 0.05) is 49.4 Å². The number of aryl methyl sites for hydroxylation is 1. The van der Waals surface area contributed by atoms with Crippen molar-refractivity contribution in [3.63, 3.8) is 0 Å². The van der Waals surface area contributed by atoms with Gasteiger partial charge in [-0.25, -0.2) is 0 Å². The Kier molecular flexibility index (Phi) is 6.09. The van der Waals surface area contributed by atoms with E-state index < -0.39 is 0 Å². The van der Waals surface area contributed by atoms with E-state index in [1.165, 1.54) is 6.42 Å². The Balaban J connectivity index is 0.00000176. The van der Waals surface area contributed by atoms with Crippen LogP contribution in [0.5, 0.6) is 0 Å². The van der Waals surface area contributed by atoms with Crippen molar-refractivity contribution in [3.05, 3.63) is 34.3 Å². The molecule has 6 heteroatoms. The van der Waals surface area contributed by atoms with Crippen molar-refractivity contribution in [2.45, 2.75) is 19.4 Å². The van der Waals surface area contributed by atoms with Crippen LogP contribution >= 0.6 is 24.0 Å². The molecule has 0 bridgehead atoms. The summed E-state index contributed by atoms with van der Waals surface area (Å²) in [4.78, 5) is 17.1. The molecule has 0 aromatic heterocycles. The van der Waals surface area contributed by atoms with Gasteiger partial charge in [0.2, 0.25) is 0 Å². The Hall–Kier alpha value is -0.810. The van der Waals surface area contributed by atoms with Gasteiger partial charge in [0.05, 0.1) is 0 Å². The van der Waals surface area contributed by atoms with Gasteiger partial charge in [-0.2, -0.15) is 0 Å². The maximum atomic E-state index is 12.6. The Morgan fingerprint density at radius 3 is 2.64 bits per heavy atom. The summed E-state index contributed by atoms with van der Waals surface area (Å²) < 4.78 is 0. The van der Waals surface area contributed by atoms with Crippen molar-refractivity contribution < 1.29 is 4.79 Å². The fourth-order valence-electron chi connectivity index (χ4n) is 3.24. The molecule has 0 spiro atoms. The van der Waals surface area contributed by atoms with E-state index in [1.807, 2.05) is 24.0 Å². The van der Waals surface area contributed by atoms with E-state index in [4.69, 9.17) is 11.6 Å². The Morgan fingerprint density at radius 2 is 2.00 bits per heavy atom. The van der Waals surface area contributed by atoms with E-state index in [0.717, 1.165) is 50.4 Å². The lowest BCUT2D eigenvalue weighted by Gasteiger charge is -2.38. The highest BCUT2D eigenvalue weighted by Gasteiger charge is 2.28. The molecule has 22 heavy (non-hydrogen) atoms. The molecular weight excluding hydrogens is 321 g/mol. The summed E-state index contributed by atoms with van der Waals surface area (Å²) in [7, 11) is 0. The number of halogens is 2. The van der Waals surface area contributed by atoms with E-state index in [1.54, 1.807) is 6.07 Å². The predicted molar refractivity (Wildman–Crippen MR) is 92.2 cm³/mol. The first-order valence-electron chi connectivity index (χ1n) is 7.65. The first kappa shape index (κ1) is 17.5. The van der Waals surface area contributed by atoms with Crippen LogP contribution in [0.15, 0.2) is 18.2 Å². The van der Waals surface area contributed by atoms with Gasteiger partial charge in [0.1, 0.15) is 0 Å². The van der Waals surface area contributed by atoms with Crippen LogP contribution < -0.4 is 5.32 Å². The molecule has 1 aromatic rings. The van der Waals surface area contributed by atoms with E-state index >= 15 is 0 Å². The van der Waals surface area contributed by atoms with Crippen LogP contribution in [0.3, 0.4) is 0 Å². The summed E-state index contributed by atoms with van der Waals surface area (Å²) in [6.45, 7) is 7.72. The maximum Gasteiger partial charge on any atom is 0.254 e. The van der Waals surface area contributed by atoms with Gasteiger partial charge in [0.25, 0.3) is 5.91 Å². The molecule has 1 N–H and O–H groups in total. The minimum absolute atomic E-state index is 0. The normalized spacial score (nSPS) is 22.5. The van der Waals surface area contributed by atoms with Crippen LogP contribution in [0.25, 0.3) is 0 Å². The SMILES string of the molecule is Cc1ccc(Cl)cc1C(=O)N1CCN(C2CCNC2)CC1.Cl. The number of nitrogens with zero attached hydrogens (tertiary/aromatic N) is 2. The highest BCUT2D eigenvalue weighted by Crippen LogP contribution is 2.19. The summed E-state index contributed by atoms with van der Waals surface area (Å²) in [6, 6.07) is 6.18. The van der Waals surface area contributed by atoms with E-state index in [0.29, 0.717) is 11.1 Å². The van der Waals surface area contributed by atoms with E-state index in [-0.39, 0.29) is 18.3 Å². The summed E-state index contributed by atoms with van der Waals surface area (Å²) in [5, 5.41) is 4.03. The van der Waals surface area contributed by atoms with Crippen LogP contribution in [0.1, 0.15) is 22.3 Å². The lowest BCUT2D eigenvalue weighted by molar-refractivity contribution is 0.0583. The second kappa shape index (κ2) is 7.64. The highest BCUT2D eigenvalue weighted by molar-refractivity contribution is 6.31. The molecule has 0 aliphatic carbocycles. The van der Waals surface area contributed by atoms with Crippen molar-refractivity contribution >= 4 is 29.9 Å². The highest BCUT2D eigenvalue weighted by atomic mass is 35.5. The Morgan fingerprint density at radius 1 is 1.27 bits per heavy atom. The van der Waals surface area contributed by atoms with Crippen molar-refractivity contribution in [2.75, 3.05) is 39.3 Å². The molecule has 2 saturated heterocycles. The molecule has 1 unspecified atom stereocenters. The zero-order valence-electron chi connectivity index (χ0n) is 12.8. The third-order valence-corrected chi connectivity index (χ3v) is 4.82. The van der Waals surface area contributed by atoms with E-state index in [2.05, 4.69) is 10.2 Å². The zero-order chi connectivity index (χ0) is 14.8. The topological polar surface area (TPSA) is 35.6 Å². The lowest BCUT2D eigenvalue weighted by Crippen LogP contribution is -2.52. The van der Waals surface area contributed by atoms with E-state index in [9.17, 15) is 4.79 Å². The number of nitrogens with one attached hydrogen (secondary N) is 1. The number of piperazine rings is 1. The summed E-state index contributed by atoms with van der Waals surface area (Å²) >= 11 is 6.02. The molecule has 122 valence electrons. The average molecular weight is 344 g/mol. The van der Waals surface area contributed by atoms with Crippen molar-refractivity contribution in [1.29, 1.82) is 0 Å². The third-order valence-electron chi connectivity index (χ3n) is 4.58. The van der Waals surface area contributed by atoms with Crippen LogP contribution in [-0.2, 0) is 0 Å². The second-order valence-electron chi connectivity index (χ2n) is 5.93. The minimum atomic E-state index is 0. The van der Waals surface area contributed by atoms with Crippen molar-refractivity contribution in [1.82, 2.24) is 15.1 Å². The van der Waals surface area contributed by atoms with Crippen molar-refractivity contribution in [2.24, 2.45) is 0 Å². The fraction of sp³-hybridized carbons (Fsp3) is 0.562. The molecule has 2 heterocycles. The van der Waals surface area contributed by atoms with Gasteiger partial charge in [-0.3, -0.25) is 9.69 Å². The quantitative estimate of drug-likeness (QED) is 0.893. The largest absolute Gasteiger partial charge is 0.336 e. The number of hydrogen-bond acceptors (Lipinski definition) is 3. The summed E-state index contributed by atoms with van der Waals surface area (Å²) in [6.07, 6.45) is 1.22. The molecule has 0 saturated carbocycles. The molecule has 2 aliphatic heterocycles. The maximum absolute atomic E-state index is 12.6. The van der Waals surface area contributed by atoms with Crippen LogP contribution in [-0.4, -0.2) is 61.0 Å². The van der Waals surface area contributed by atoms with Crippen molar-refractivity contribution in [3.8, 4) is 0 Å². The average Bonchev–Trinajstić information content (AvgIpc) is 3.03. The first-order chi connectivity index (χ1) is 10.1. The van der Waals surface area contributed by atoms with Gasteiger partial charge in [-0.1, -0.05) is 17.7 Å². The van der Waals surface area contributed by atoms with Gasteiger partial charge in [-0.15, -0.1) is 12.4 Å². The molecule has 1 aromatic carbocycles. The lowest BCUT2D eigenvalue weighted by atomic mass is 10.1. The first-order valence-corrected chi connectivity index (χ1v) is 8.03. The molecule has 1 atom stereocenters. The standard InChI is InChI=1S/C16H22ClN3O.ClH/c1-12-2-3-13(17)10-15(12)16(21)20-8-6-19(7-9-20)14-4-5-18-11-14;/h2-3,10,14,18H,4-9,11H2,1H3;1H. The number of hydrogen-bond donors (Lipinski definition) is 1. The monoisotopic (exact) mass is 343 g/mol. The molecule has 3 rings (SSSR count). The molecular formula is C16H23Cl2N3O. The second-order valence-corrected chi connectivity index (χ2v) is 6.37. The number of benzene rings is 1. The molecule has 2 fully saturated rings. The minimum Gasteiger partial charge on any atom is -0.336 e. The summed E-state index contributed by atoms with van der Waals surface area (Å²) in [5.41, 5.74) is 1.73. The number of carbonyl (C=O) groups excluding carboxylic acids is 1. The summed E-state index contributed by atoms with van der Waals surface area (Å²) in [5.74, 6) is 0.110. The molecule has 2 aliphatic rings. The molecule has 0 radical (unpaired) electrons. The van der Waals surface area contributed by atoms with Crippen LogP contribution in [0, 0.1) is 6.92 Å². The predicted octanol–water partition coefficient (Wildman–Crippen LogP) is 2.19. The Labute approximate surface area is 143 Å². The van der Waals surface area contributed by atoms with Gasteiger partial charge in [-0.05, 0) is 37.6 Å². The smallest absolute Gasteiger partial charge is 0.254 e. The number of carbonyl (C=O) groups is 1. The van der Waals surface area contributed by atoms with Gasteiger partial charge >= 0.3 is 0 Å². The Bertz CT molecular complexity index is 524. The zero-order valence-corrected chi connectivity index (χ0v) is 14.4. The molecule has 4 nitrogen and oxygen atoms in total. The third kappa shape index (κ3) is 3.74. The van der Waals surface area contributed by atoms with Crippen LogP contribution in [0.4, 0.5) is 0 Å².